The summed E-state index contributed by atoms with van der Waals surface area (Å²) in [4.78, 5) is 12.3. The van der Waals surface area contributed by atoms with E-state index in [1.807, 2.05) is 0 Å². The highest BCUT2D eigenvalue weighted by molar-refractivity contribution is 7.93. The van der Waals surface area contributed by atoms with Crippen LogP contribution < -0.4 is 10.2 Å². The van der Waals surface area contributed by atoms with Crippen molar-refractivity contribution < 1.29 is 27.9 Å². The number of hydrogen-bond acceptors (Lipinski definition) is 6. The van der Waals surface area contributed by atoms with Gasteiger partial charge in [-0.15, -0.1) is 0 Å². The lowest BCUT2D eigenvalue weighted by Gasteiger charge is -2.34. The zero-order chi connectivity index (χ0) is 22.2. The van der Waals surface area contributed by atoms with Gasteiger partial charge in [0.25, 0.3) is 5.91 Å². The number of sulfone groups is 1. The third kappa shape index (κ3) is 4.00. The van der Waals surface area contributed by atoms with Crippen molar-refractivity contribution in [2.75, 3.05) is 19.8 Å². The first-order chi connectivity index (χ1) is 14.1. The average Bonchev–Trinajstić information content (AvgIpc) is 3.23. The molecule has 0 spiro atoms. The van der Waals surface area contributed by atoms with Crippen LogP contribution in [0.1, 0.15) is 40.5 Å². The van der Waals surface area contributed by atoms with Gasteiger partial charge in [0.2, 0.25) is 0 Å². The van der Waals surface area contributed by atoms with Crippen LogP contribution in [0.15, 0.2) is 40.8 Å². The van der Waals surface area contributed by atoms with Gasteiger partial charge in [0, 0.05) is 19.1 Å². The normalized spacial score (nSPS) is 24.6. The average molecular weight is 438 g/mol. The van der Waals surface area contributed by atoms with Crippen molar-refractivity contribution in [2.24, 2.45) is 17.3 Å². The van der Waals surface area contributed by atoms with Crippen LogP contribution in [-0.2, 0) is 19.4 Å². The fraction of sp³-hybridized carbons (Fsp3) is 0.591. The molecule has 7 nitrogen and oxygen atoms in total. The molecule has 1 heterocycles. The number of carbonyl (C=O) groups excluding carboxylic acids is 1. The Balaban J connectivity index is 1.73. The van der Waals surface area contributed by atoms with Gasteiger partial charge in [-0.05, 0) is 62.3 Å². The van der Waals surface area contributed by atoms with E-state index in [4.69, 9.17) is 14.7 Å². The SMILES string of the molecule is CC(C)=CC1C(COc2ccc(S(=O)(=O)C3(C(=O)NO)CCOCC3)cc2)C1(C)C. The van der Waals surface area contributed by atoms with Crippen LogP contribution in [0.2, 0.25) is 0 Å². The molecule has 1 amide bonds. The van der Waals surface area contributed by atoms with E-state index in [1.165, 1.54) is 23.2 Å². The van der Waals surface area contributed by atoms with Gasteiger partial charge in [-0.3, -0.25) is 10.0 Å². The Kier molecular flexibility index (Phi) is 6.32. The van der Waals surface area contributed by atoms with E-state index in [-0.39, 0.29) is 36.4 Å². The largest absolute Gasteiger partial charge is 0.493 e. The summed E-state index contributed by atoms with van der Waals surface area (Å²) in [6.45, 7) is 9.46. The van der Waals surface area contributed by atoms with Crippen molar-refractivity contribution in [3.05, 3.63) is 35.9 Å². The van der Waals surface area contributed by atoms with Gasteiger partial charge in [0.15, 0.2) is 14.6 Å². The molecule has 1 aromatic rings. The molecule has 1 saturated heterocycles. The molecule has 3 rings (SSSR count). The number of carbonyl (C=O) groups is 1. The monoisotopic (exact) mass is 437 g/mol. The van der Waals surface area contributed by atoms with Gasteiger partial charge in [-0.2, -0.15) is 0 Å². The lowest BCUT2D eigenvalue weighted by Crippen LogP contribution is -2.54. The van der Waals surface area contributed by atoms with Crippen LogP contribution in [-0.4, -0.2) is 44.1 Å². The quantitative estimate of drug-likeness (QED) is 0.386. The van der Waals surface area contributed by atoms with Crippen molar-refractivity contribution in [3.63, 3.8) is 0 Å². The molecular formula is C22H31NO6S. The highest BCUT2D eigenvalue weighted by Gasteiger charge is 2.56. The molecule has 2 N–H and O–H groups in total. The second kappa shape index (κ2) is 8.32. The summed E-state index contributed by atoms with van der Waals surface area (Å²) in [6.07, 6.45) is 2.26. The lowest BCUT2D eigenvalue weighted by molar-refractivity contribution is -0.134. The van der Waals surface area contributed by atoms with Crippen LogP contribution in [0.5, 0.6) is 5.75 Å². The number of benzene rings is 1. The smallest absolute Gasteiger partial charge is 0.265 e. The Hall–Kier alpha value is -1.90. The van der Waals surface area contributed by atoms with Gasteiger partial charge < -0.3 is 9.47 Å². The van der Waals surface area contributed by atoms with Crippen molar-refractivity contribution in [2.45, 2.75) is 50.2 Å². The summed E-state index contributed by atoms with van der Waals surface area (Å²) in [6, 6.07) is 6.14. The number of ether oxygens (including phenoxy) is 2. The molecule has 0 bridgehead atoms. The molecule has 8 heteroatoms. The Labute approximate surface area is 178 Å². The first-order valence-corrected chi connectivity index (χ1v) is 11.7. The van der Waals surface area contributed by atoms with Crippen molar-refractivity contribution in [1.29, 1.82) is 0 Å². The van der Waals surface area contributed by atoms with Crippen LogP contribution in [0.25, 0.3) is 0 Å². The minimum atomic E-state index is -4.03. The predicted octanol–water partition coefficient (Wildman–Crippen LogP) is 3.13. The molecule has 166 valence electrons. The number of rotatable bonds is 7. The van der Waals surface area contributed by atoms with E-state index in [0.717, 1.165) is 0 Å². The fourth-order valence-corrected chi connectivity index (χ4v) is 6.28. The van der Waals surface area contributed by atoms with E-state index in [0.29, 0.717) is 24.2 Å². The molecule has 2 aliphatic rings. The van der Waals surface area contributed by atoms with Crippen molar-refractivity contribution >= 4 is 15.7 Å². The standard InChI is InChI=1S/C22H31NO6S/c1-15(2)13-18-19(21(18,3)4)14-29-16-5-7-17(8-6-16)30(26,27)22(20(24)23-25)9-11-28-12-10-22/h5-8,13,18-19,25H,9-12,14H2,1-4H3,(H,23,24). The molecule has 2 atom stereocenters. The molecule has 2 fully saturated rings. The number of allylic oxidation sites excluding steroid dienone is 2. The molecule has 30 heavy (non-hydrogen) atoms. The maximum atomic E-state index is 13.3. The summed E-state index contributed by atoms with van der Waals surface area (Å²) in [5.41, 5.74) is 3.00. The van der Waals surface area contributed by atoms with Crippen LogP contribution >= 0.6 is 0 Å². The first-order valence-electron chi connectivity index (χ1n) is 10.2. The second-order valence-electron chi connectivity index (χ2n) is 9.03. The number of nitrogens with one attached hydrogen (secondary N) is 1. The zero-order valence-electron chi connectivity index (χ0n) is 18.0. The Morgan fingerprint density at radius 1 is 1.23 bits per heavy atom. The molecule has 2 unspecified atom stereocenters. The Bertz CT molecular complexity index is 909. The summed E-state index contributed by atoms with van der Waals surface area (Å²) < 4.78 is 35.9. The molecular weight excluding hydrogens is 406 g/mol. The molecule has 1 aromatic carbocycles. The Morgan fingerprint density at radius 2 is 1.83 bits per heavy atom. The van der Waals surface area contributed by atoms with E-state index >= 15 is 0 Å². The highest BCUT2D eigenvalue weighted by atomic mass is 32.2. The summed E-state index contributed by atoms with van der Waals surface area (Å²) in [5.74, 6) is 0.551. The van der Waals surface area contributed by atoms with Crippen LogP contribution in [0.4, 0.5) is 0 Å². The molecule has 0 aromatic heterocycles. The molecule has 1 aliphatic heterocycles. The van der Waals surface area contributed by atoms with Gasteiger partial charge >= 0.3 is 0 Å². The molecule has 1 saturated carbocycles. The van der Waals surface area contributed by atoms with E-state index in [2.05, 4.69) is 33.8 Å². The first kappa shape index (κ1) is 22.8. The number of amides is 1. The zero-order valence-corrected chi connectivity index (χ0v) is 18.8. The van der Waals surface area contributed by atoms with E-state index < -0.39 is 20.5 Å². The number of hydrogen-bond donors (Lipinski definition) is 2. The van der Waals surface area contributed by atoms with Gasteiger partial charge in [-0.1, -0.05) is 25.5 Å². The number of hydroxylamine groups is 1. The summed E-state index contributed by atoms with van der Waals surface area (Å²) in [7, 11) is -4.03. The van der Waals surface area contributed by atoms with E-state index in [9.17, 15) is 13.2 Å². The minimum absolute atomic E-state index is 0.0114. The van der Waals surface area contributed by atoms with Gasteiger partial charge in [-0.25, -0.2) is 13.9 Å². The van der Waals surface area contributed by atoms with Gasteiger partial charge in [0.1, 0.15) is 5.75 Å². The van der Waals surface area contributed by atoms with Gasteiger partial charge in [0.05, 0.1) is 11.5 Å². The lowest BCUT2D eigenvalue weighted by atomic mass is 9.98. The van der Waals surface area contributed by atoms with Crippen LogP contribution in [0.3, 0.4) is 0 Å². The highest BCUT2D eigenvalue weighted by Crippen LogP contribution is 2.59. The summed E-state index contributed by atoms with van der Waals surface area (Å²) in [5, 5.41) is 9.12. The summed E-state index contributed by atoms with van der Waals surface area (Å²) >= 11 is 0. The van der Waals surface area contributed by atoms with Crippen molar-refractivity contribution in [3.8, 4) is 5.75 Å². The molecule has 0 radical (unpaired) electrons. The topological polar surface area (TPSA) is 102 Å². The molecule has 1 aliphatic carbocycles. The maximum Gasteiger partial charge on any atom is 0.265 e. The fourth-order valence-electron chi connectivity index (χ4n) is 4.34. The third-order valence-corrected chi connectivity index (χ3v) is 9.06. The van der Waals surface area contributed by atoms with Crippen molar-refractivity contribution in [1.82, 2.24) is 5.48 Å². The third-order valence-electron chi connectivity index (χ3n) is 6.55. The van der Waals surface area contributed by atoms with Crippen LogP contribution in [0, 0.1) is 17.3 Å². The Morgan fingerprint density at radius 3 is 2.37 bits per heavy atom. The predicted molar refractivity (Wildman–Crippen MR) is 112 cm³/mol. The second-order valence-corrected chi connectivity index (χ2v) is 11.3. The minimum Gasteiger partial charge on any atom is -0.493 e. The van der Waals surface area contributed by atoms with E-state index in [1.54, 1.807) is 12.1 Å². The maximum absolute atomic E-state index is 13.3.